The third-order valence-corrected chi connectivity index (χ3v) is 4.78. The number of carbonyl (C=O) groups excluding carboxylic acids is 1. The molecule has 0 aliphatic rings. The van der Waals surface area contributed by atoms with Crippen molar-refractivity contribution in [2.45, 2.75) is 77.7 Å². The van der Waals surface area contributed by atoms with Crippen LogP contribution in [0.2, 0.25) is 0 Å². The van der Waals surface area contributed by atoms with Crippen LogP contribution in [0.25, 0.3) is 0 Å². The molecule has 1 unspecified atom stereocenters. The van der Waals surface area contributed by atoms with Gasteiger partial charge in [-0.2, -0.15) is 0 Å². The van der Waals surface area contributed by atoms with Gasteiger partial charge in [0.2, 0.25) is 5.91 Å². The molecule has 1 atom stereocenters. The van der Waals surface area contributed by atoms with Gasteiger partial charge in [0, 0.05) is 12.6 Å². The summed E-state index contributed by atoms with van der Waals surface area (Å²) >= 11 is 0. The van der Waals surface area contributed by atoms with Gasteiger partial charge in [-0.05, 0) is 32.1 Å². The fourth-order valence-corrected chi connectivity index (χ4v) is 2.69. The lowest BCUT2D eigenvalue weighted by Crippen LogP contribution is -2.42. The van der Waals surface area contributed by atoms with Crippen LogP contribution in [0.5, 0.6) is 0 Å². The van der Waals surface area contributed by atoms with Gasteiger partial charge in [0.25, 0.3) is 0 Å². The minimum Gasteiger partial charge on any atom is -0.388 e. The Morgan fingerprint density at radius 3 is 1.87 bits per heavy atom. The first-order valence-electron chi connectivity index (χ1n) is 11.7. The summed E-state index contributed by atoms with van der Waals surface area (Å²) in [6.07, 6.45) is 35.1. The first-order chi connectivity index (χ1) is 15.1. The molecule has 0 aromatic carbocycles. The van der Waals surface area contributed by atoms with E-state index in [9.17, 15) is 9.90 Å². The molecular weight excluding hydrogens is 382 g/mol. The molecule has 0 aromatic heterocycles. The van der Waals surface area contributed by atoms with Gasteiger partial charge in [-0.1, -0.05) is 119 Å². The monoisotopic (exact) mass is 425 g/mol. The van der Waals surface area contributed by atoms with E-state index in [1.165, 1.54) is 6.08 Å². The third kappa shape index (κ3) is 19.3. The van der Waals surface area contributed by atoms with Crippen LogP contribution in [-0.4, -0.2) is 23.2 Å². The Labute approximate surface area is 190 Å². The average Bonchev–Trinajstić information content (AvgIpc) is 2.77. The van der Waals surface area contributed by atoms with Crippen molar-refractivity contribution < 1.29 is 9.90 Å². The highest BCUT2D eigenvalue weighted by atomic mass is 16.3. The highest BCUT2D eigenvalue weighted by Gasteiger charge is 2.24. The zero-order valence-corrected chi connectivity index (χ0v) is 19.8. The highest BCUT2D eigenvalue weighted by Crippen LogP contribution is 2.18. The lowest BCUT2D eigenvalue weighted by molar-refractivity contribution is -0.117. The van der Waals surface area contributed by atoms with E-state index in [-0.39, 0.29) is 5.91 Å². The van der Waals surface area contributed by atoms with Gasteiger partial charge in [0.1, 0.15) is 0 Å². The Hall–Kier alpha value is -2.39. The number of allylic oxidation sites excluding steroid dienone is 13. The molecule has 1 amide bonds. The Kier molecular flexibility index (Phi) is 19.3. The van der Waals surface area contributed by atoms with Gasteiger partial charge in [-0.3, -0.25) is 4.79 Å². The van der Waals surface area contributed by atoms with E-state index in [0.717, 1.165) is 44.9 Å². The van der Waals surface area contributed by atoms with Gasteiger partial charge in [0.15, 0.2) is 0 Å². The molecule has 0 aliphatic carbocycles. The molecule has 0 aliphatic heterocycles. The Balaban J connectivity index is 4.00. The van der Waals surface area contributed by atoms with Gasteiger partial charge in [-0.15, -0.1) is 0 Å². The molecule has 2 N–H and O–H groups in total. The molecule has 0 heterocycles. The minimum atomic E-state index is -0.801. The largest absolute Gasteiger partial charge is 0.388 e. The normalized spacial score (nSPS) is 15.1. The van der Waals surface area contributed by atoms with Crippen LogP contribution < -0.4 is 5.32 Å². The van der Waals surface area contributed by atoms with E-state index in [2.05, 4.69) is 49.5 Å². The fourth-order valence-electron chi connectivity index (χ4n) is 2.69. The summed E-state index contributed by atoms with van der Waals surface area (Å²) in [4.78, 5) is 11.9. The number of unbranched alkanes of at least 4 members (excludes halogenated alkanes) is 3. The van der Waals surface area contributed by atoms with E-state index in [4.69, 9.17) is 0 Å². The van der Waals surface area contributed by atoms with Crippen LogP contribution in [0.15, 0.2) is 85.1 Å². The van der Waals surface area contributed by atoms with E-state index in [1.807, 2.05) is 49.5 Å². The highest BCUT2D eigenvalue weighted by molar-refractivity contribution is 5.87. The molecule has 172 valence electrons. The number of nitrogens with one attached hydrogen (secondary N) is 1. The van der Waals surface area contributed by atoms with Crippen LogP contribution in [-0.2, 0) is 4.79 Å². The van der Waals surface area contributed by atoms with Crippen molar-refractivity contribution in [3.8, 4) is 0 Å². The number of amides is 1. The molecule has 0 bridgehead atoms. The van der Waals surface area contributed by atoms with Gasteiger partial charge in [-0.25, -0.2) is 0 Å². The van der Waals surface area contributed by atoms with E-state index < -0.39 is 5.60 Å². The lowest BCUT2D eigenvalue weighted by atomic mass is 9.93. The number of carbonyl (C=O) groups is 1. The number of aliphatic hydroxyl groups is 1. The standard InChI is InChI=1S/C28H43NO2/c1-4-7-9-10-11-12-13-14-15-16-17-18-19-20-21-22-24-27(30)29-26-28(31,6-3)25-23-8-5-2/h7,9-15,18-22,24,31H,4-6,8,16-17,23,25-26H2,1-3H3,(H,29,30). The molecule has 3 nitrogen and oxygen atoms in total. The van der Waals surface area contributed by atoms with E-state index >= 15 is 0 Å². The summed E-state index contributed by atoms with van der Waals surface area (Å²) in [5, 5.41) is 13.3. The molecule has 3 heteroatoms. The summed E-state index contributed by atoms with van der Waals surface area (Å²) < 4.78 is 0. The molecule has 0 saturated heterocycles. The maximum atomic E-state index is 11.9. The predicted molar refractivity (Wildman–Crippen MR) is 136 cm³/mol. The second kappa shape index (κ2) is 20.9. The predicted octanol–water partition coefficient (Wildman–Crippen LogP) is 6.91. The quantitative estimate of drug-likeness (QED) is 0.151. The van der Waals surface area contributed by atoms with Crippen LogP contribution in [0.4, 0.5) is 0 Å². The Morgan fingerprint density at radius 1 is 0.774 bits per heavy atom. The maximum Gasteiger partial charge on any atom is 0.244 e. The first kappa shape index (κ1) is 28.6. The topological polar surface area (TPSA) is 49.3 Å². The van der Waals surface area contributed by atoms with Gasteiger partial charge < -0.3 is 10.4 Å². The average molecular weight is 426 g/mol. The zero-order chi connectivity index (χ0) is 23.0. The minimum absolute atomic E-state index is 0.176. The molecule has 0 fully saturated rings. The fraction of sp³-hybridized carbons (Fsp3) is 0.464. The molecular formula is C28H43NO2. The smallest absolute Gasteiger partial charge is 0.244 e. The van der Waals surface area contributed by atoms with Crippen LogP contribution in [0, 0.1) is 0 Å². The van der Waals surface area contributed by atoms with Gasteiger partial charge >= 0.3 is 0 Å². The molecule has 0 spiro atoms. The summed E-state index contributed by atoms with van der Waals surface area (Å²) in [5.41, 5.74) is -0.801. The number of hydrogen-bond acceptors (Lipinski definition) is 2. The van der Waals surface area contributed by atoms with E-state index in [0.29, 0.717) is 13.0 Å². The Bertz CT molecular complexity index is 650. The first-order valence-corrected chi connectivity index (χ1v) is 11.7. The molecule has 0 radical (unpaired) electrons. The summed E-state index contributed by atoms with van der Waals surface area (Å²) in [6, 6.07) is 0. The zero-order valence-electron chi connectivity index (χ0n) is 19.8. The molecule has 0 aromatic rings. The van der Waals surface area contributed by atoms with Crippen LogP contribution in [0.3, 0.4) is 0 Å². The summed E-state index contributed by atoms with van der Waals surface area (Å²) in [7, 11) is 0. The third-order valence-electron chi connectivity index (χ3n) is 4.78. The van der Waals surface area contributed by atoms with Crippen molar-refractivity contribution in [1.29, 1.82) is 0 Å². The van der Waals surface area contributed by atoms with Crippen molar-refractivity contribution in [2.24, 2.45) is 0 Å². The maximum absolute atomic E-state index is 11.9. The number of hydrogen-bond donors (Lipinski definition) is 2. The molecule has 31 heavy (non-hydrogen) atoms. The van der Waals surface area contributed by atoms with Crippen molar-refractivity contribution in [1.82, 2.24) is 5.32 Å². The second-order valence-corrected chi connectivity index (χ2v) is 7.54. The van der Waals surface area contributed by atoms with Gasteiger partial charge in [0.05, 0.1) is 5.60 Å². The van der Waals surface area contributed by atoms with E-state index in [1.54, 1.807) is 6.08 Å². The molecule has 0 saturated carbocycles. The summed E-state index contributed by atoms with van der Waals surface area (Å²) in [5.74, 6) is -0.176. The van der Waals surface area contributed by atoms with Crippen LogP contribution in [0.1, 0.15) is 72.1 Å². The van der Waals surface area contributed by atoms with Crippen molar-refractivity contribution >= 4 is 5.91 Å². The number of rotatable bonds is 17. The Morgan fingerprint density at radius 2 is 1.32 bits per heavy atom. The second-order valence-electron chi connectivity index (χ2n) is 7.54. The molecule has 0 rings (SSSR count). The lowest BCUT2D eigenvalue weighted by Gasteiger charge is -2.26. The SMILES string of the molecule is CCC=CC=CC=CC=CCCC=CC=CC=CC(=O)NCC(O)(CC)CCCCC. The van der Waals surface area contributed by atoms with Crippen molar-refractivity contribution in [2.75, 3.05) is 6.54 Å². The van der Waals surface area contributed by atoms with Crippen molar-refractivity contribution in [3.05, 3.63) is 85.1 Å². The van der Waals surface area contributed by atoms with Crippen LogP contribution >= 0.6 is 0 Å². The summed E-state index contributed by atoms with van der Waals surface area (Å²) in [6.45, 7) is 6.52. The van der Waals surface area contributed by atoms with Crippen molar-refractivity contribution in [3.63, 3.8) is 0 Å².